The van der Waals surface area contributed by atoms with Gasteiger partial charge < -0.3 is 19.4 Å². The molecule has 200 valence electrons. The van der Waals surface area contributed by atoms with E-state index in [9.17, 15) is 13.6 Å². The van der Waals surface area contributed by atoms with E-state index < -0.39 is 6.04 Å². The summed E-state index contributed by atoms with van der Waals surface area (Å²) in [5, 5.41) is 3.39. The molecule has 0 amide bonds. The van der Waals surface area contributed by atoms with E-state index in [0.29, 0.717) is 12.1 Å². The molecule has 1 saturated heterocycles. The Kier molecular flexibility index (Phi) is 15.1. The summed E-state index contributed by atoms with van der Waals surface area (Å²) in [5.74, 6) is -0.247. The molecule has 1 N–H and O–H groups in total. The summed E-state index contributed by atoms with van der Waals surface area (Å²) in [6.45, 7) is 12.4. The minimum atomic E-state index is -1.21. The van der Waals surface area contributed by atoms with E-state index in [4.69, 9.17) is 0 Å². The lowest BCUT2D eigenvalue weighted by molar-refractivity contribution is -0.129. The number of anilines is 1. The molecule has 36 heavy (non-hydrogen) atoms. The second-order valence-electron chi connectivity index (χ2n) is 8.39. The van der Waals surface area contributed by atoms with Gasteiger partial charge in [0, 0.05) is 82.9 Å². The number of carbonyl (C=O) groups excluding carboxylic acids is 1. The zero-order valence-corrected chi connectivity index (χ0v) is 22.5. The molecule has 0 bridgehead atoms. The van der Waals surface area contributed by atoms with Crippen molar-refractivity contribution in [3.05, 3.63) is 59.6 Å². The molecule has 0 atom stereocenters. The molecule has 0 aliphatic carbocycles. The summed E-state index contributed by atoms with van der Waals surface area (Å²) in [5.41, 5.74) is 5.58. The van der Waals surface area contributed by atoms with Crippen molar-refractivity contribution >= 4 is 17.4 Å². The number of aromatic nitrogens is 3. The van der Waals surface area contributed by atoms with Crippen molar-refractivity contribution < 1.29 is 18.3 Å². The van der Waals surface area contributed by atoms with Crippen LogP contribution in [-0.4, -0.2) is 60.8 Å². The maximum Gasteiger partial charge on any atom is 0.301 e. The van der Waals surface area contributed by atoms with Gasteiger partial charge in [-0.25, -0.2) is 9.37 Å². The number of ether oxygens (including phenoxy) is 1. The number of hydrogen-bond acceptors (Lipinski definition) is 6. The van der Waals surface area contributed by atoms with Crippen LogP contribution in [0, 0.1) is 19.7 Å². The molecule has 1 aliphatic rings. The second kappa shape index (κ2) is 17.5. The smallest absolute Gasteiger partial charge is 0.301 e. The molecule has 1 fully saturated rings. The van der Waals surface area contributed by atoms with Gasteiger partial charge in [0.15, 0.2) is 0 Å². The highest BCUT2D eigenvalue weighted by Gasteiger charge is 2.15. The number of imidazole rings is 1. The predicted molar refractivity (Wildman–Crippen MR) is 142 cm³/mol. The molecule has 9 heteroatoms. The second-order valence-corrected chi connectivity index (χ2v) is 8.39. The quantitative estimate of drug-likeness (QED) is 0.488. The number of nitrogens with one attached hydrogen (secondary N) is 1. The Bertz CT molecular complexity index is 1040. The van der Waals surface area contributed by atoms with Crippen LogP contribution < -0.4 is 10.2 Å². The summed E-state index contributed by atoms with van der Waals surface area (Å²) >= 11 is 0. The van der Waals surface area contributed by atoms with E-state index in [1.807, 2.05) is 19.3 Å². The van der Waals surface area contributed by atoms with Crippen LogP contribution in [0.3, 0.4) is 0 Å². The lowest BCUT2D eigenvalue weighted by atomic mass is 10.1. The van der Waals surface area contributed by atoms with Crippen molar-refractivity contribution in [3.8, 4) is 0 Å². The van der Waals surface area contributed by atoms with Gasteiger partial charge in [-0.3, -0.25) is 9.78 Å². The number of rotatable bonds is 5. The first-order valence-electron chi connectivity index (χ1n) is 12.4. The van der Waals surface area contributed by atoms with E-state index in [1.54, 1.807) is 31.7 Å². The highest BCUT2D eigenvalue weighted by atomic mass is 19.1. The number of nitrogens with zero attached hydrogens (tertiary/aromatic N) is 4. The number of methoxy groups -OCH3 is 1. The lowest BCUT2D eigenvalue weighted by Gasteiger charge is -2.31. The molecule has 4 heterocycles. The van der Waals surface area contributed by atoms with Crippen LogP contribution in [0.4, 0.5) is 14.5 Å². The Morgan fingerprint density at radius 3 is 2.36 bits per heavy atom. The Morgan fingerprint density at radius 1 is 1.14 bits per heavy atom. The van der Waals surface area contributed by atoms with Crippen LogP contribution in [0.5, 0.6) is 0 Å². The monoisotopic (exact) mass is 505 g/mol. The molecule has 0 saturated carbocycles. The van der Waals surface area contributed by atoms with Gasteiger partial charge in [0.25, 0.3) is 0 Å². The van der Waals surface area contributed by atoms with E-state index >= 15 is 0 Å². The van der Waals surface area contributed by atoms with Crippen molar-refractivity contribution in [2.45, 2.75) is 53.4 Å². The maximum absolute atomic E-state index is 12.6. The molecule has 0 radical (unpaired) electrons. The van der Waals surface area contributed by atoms with Crippen molar-refractivity contribution in [2.24, 2.45) is 0 Å². The lowest BCUT2D eigenvalue weighted by Crippen LogP contribution is -2.44. The van der Waals surface area contributed by atoms with Crippen molar-refractivity contribution in [1.82, 2.24) is 19.7 Å². The van der Waals surface area contributed by atoms with Gasteiger partial charge in [-0.05, 0) is 44.4 Å². The average molecular weight is 506 g/mol. The fraction of sp³-hybridized carbons (Fsp3) is 0.519. The van der Waals surface area contributed by atoms with Crippen LogP contribution in [0.15, 0.2) is 36.8 Å². The van der Waals surface area contributed by atoms with Crippen LogP contribution in [-0.2, 0) is 16.0 Å². The summed E-state index contributed by atoms with van der Waals surface area (Å²) in [6.07, 6.45) is 8.45. The molecular formula is C27H41F2N5O2. The third kappa shape index (κ3) is 11.2. The topological polar surface area (TPSA) is 71.8 Å². The highest BCUT2D eigenvalue weighted by molar-refractivity contribution is 5.67. The highest BCUT2D eigenvalue weighted by Crippen LogP contribution is 2.24. The van der Waals surface area contributed by atoms with Crippen LogP contribution in [0.1, 0.15) is 50.1 Å². The van der Waals surface area contributed by atoms with Gasteiger partial charge in [0.1, 0.15) is 11.5 Å². The Balaban J connectivity index is 0.000000280. The molecule has 7 nitrogen and oxygen atoms in total. The third-order valence-electron chi connectivity index (χ3n) is 5.19. The Labute approximate surface area is 213 Å². The number of pyridine rings is 2. The van der Waals surface area contributed by atoms with E-state index in [-0.39, 0.29) is 12.2 Å². The average Bonchev–Trinajstić information content (AvgIpc) is 3.21. The normalized spacial score (nSPS) is 12.5. The zero-order valence-electron chi connectivity index (χ0n) is 22.5. The van der Waals surface area contributed by atoms with Gasteiger partial charge >= 0.3 is 6.04 Å². The fourth-order valence-corrected chi connectivity index (χ4v) is 3.62. The fourth-order valence-electron chi connectivity index (χ4n) is 3.62. The first-order valence-corrected chi connectivity index (χ1v) is 12.4. The van der Waals surface area contributed by atoms with Gasteiger partial charge in [-0.15, -0.1) is 0 Å². The first-order chi connectivity index (χ1) is 17.3. The van der Waals surface area contributed by atoms with Gasteiger partial charge in [0.2, 0.25) is 0 Å². The van der Waals surface area contributed by atoms with Crippen LogP contribution in [0.25, 0.3) is 5.65 Å². The Morgan fingerprint density at radius 2 is 1.81 bits per heavy atom. The number of fused-ring (bicyclic) bond motifs is 1. The molecule has 1 aliphatic heterocycles. The molecule has 3 aromatic heterocycles. The minimum Gasteiger partial charge on any atom is -0.388 e. The van der Waals surface area contributed by atoms with E-state index in [1.165, 1.54) is 35.5 Å². The minimum absolute atomic E-state index is 0.0694. The third-order valence-corrected chi connectivity index (χ3v) is 5.19. The van der Waals surface area contributed by atoms with E-state index in [2.05, 4.69) is 44.8 Å². The maximum atomic E-state index is 12.6. The zero-order chi connectivity index (χ0) is 26.9. The van der Waals surface area contributed by atoms with Crippen molar-refractivity contribution in [2.75, 3.05) is 45.3 Å². The number of aryl methyl sites for hydroxylation is 2. The summed E-state index contributed by atoms with van der Waals surface area (Å²) in [6, 6.07) is 3.78. The molecule has 0 unspecified atom stereocenters. The number of carbonyl (C=O) groups is 1. The Hall–Kier alpha value is -2.91. The summed E-state index contributed by atoms with van der Waals surface area (Å²) < 4.78 is 29.7. The summed E-state index contributed by atoms with van der Waals surface area (Å²) in [4.78, 5) is 20.4. The van der Waals surface area contributed by atoms with Crippen LogP contribution >= 0.6 is 0 Å². The van der Waals surface area contributed by atoms with Gasteiger partial charge in [-0.2, -0.15) is 4.39 Å². The van der Waals surface area contributed by atoms with Crippen molar-refractivity contribution in [3.63, 3.8) is 0 Å². The standard InChI is InChI=1S/C13H21N3.C8H7FN2.C4H7FO.C2H6O/c1-3-4-12-11(2)15-6-5-13(12)16-9-7-14-8-10-16;1-6-5-11-3-2-7(9)4-8(11)10-6;1-2-3-4(5)6;1-3-2/h5-6,14H,3-4,7-10H2,1-2H3;2-5H,1H3;2-3H2,1H3;1-2H3. The first kappa shape index (κ1) is 31.1. The summed E-state index contributed by atoms with van der Waals surface area (Å²) in [7, 11) is 3.25. The number of piperazine rings is 1. The van der Waals surface area contributed by atoms with Gasteiger partial charge in [-0.1, -0.05) is 20.3 Å². The van der Waals surface area contributed by atoms with Crippen molar-refractivity contribution in [1.29, 1.82) is 0 Å². The SMILES string of the molecule is CCCC(=O)F.CCCc1c(N2CCNCC2)ccnc1C.COC.Cc1cn2ccc(F)cc2n1. The number of hydrogen-bond donors (Lipinski definition) is 1. The predicted octanol–water partition coefficient (Wildman–Crippen LogP) is 5.08. The molecule has 0 spiro atoms. The van der Waals surface area contributed by atoms with Gasteiger partial charge in [0.05, 0.1) is 5.69 Å². The molecular weight excluding hydrogens is 464 g/mol. The van der Waals surface area contributed by atoms with Crippen LogP contribution in [0.2, 0.25) is 0 Å². The largest absolute Gasteiger partial charge is 0.388 e. The molecule has 3 aromatic rings. The number of halogens is 2. The van der Waals surface area contributed by atoms with E-state index in [0.717, 1.165) is 38.3 Å². The molecule has 4 rings (SSSR count). The molecule has 0 aromatic carbocycles.